The Balaban J connectivity index is 2.10. The van der Waals surface area contributed by atoms with Crippen LogP contribution in [0.3, 0.4) is 0 Å². The number of nitrogens with zero attached hydrogens (tertiary/aromatic N) is 1. The molecule has 1 aromatic rings. The van der Waals surface area contributed by atoms with Gasteiger partial charge in [-0.05, 0) is 36.5 Å². The lowest BCUT2D eigenvalue weighted by atomic mass is 10.1. The fourth-order valence-corrected chi connectivity index (χ4v) is 3.20. The predicted molar refractivity (Wildman–Crippen MR) is 75.9 cm³/mol. The third kappa shape index (κ3) is 3.61. The average molecular weight is 301 g/mol. The fraction of sp³-hybridized carbons (Fsp3) is 0.417. The van der Waals surface area contributed by atoms with Gasteiger partial charge >= 0.3 is 0 Å². The molecule has 0 spiro atoms. The SMILES string of the molecule is O=C(NC1CCSCC1)c1ccc(Cl)c([N+](=O)[O-])c1. The molecule has 0 atom stereocenters. The van der Waals surface area contributed by atoms with Gasteiger partial charge in [-0.15, -0.1) is 0 Å². The van der Waals surface area contributed by atoms with Crippen molar-refractivity contribution >= 4 is 35.0 Å². The summed E-state index contributed by atoms with van der Waals surface area (Å²) >= 11 is 7.58. The van der Waals surface area contributed by atoms with Gasteiger partial charge in [0.2, 0.25) is 0 Å². The van der Waals surface area contributed by atoms with Crippen LogP contribution in [0.1, 0.15) is 23.2 Å². The predicted octanol–water partition coefficient (Wildman–Crippen LogP) is 2.87. The Morgan fingerprint density at radius 1 is 1.42 bits per heavy atom. The summed E-state index contributed by atoms with van der Waals surface area (Å²) in [5.74, 6) is 1.79. The number of carbonyl (C=O) groups is 1. The van der Waals surface area contributed by atoms with E-state index in [4.69, 9.17) is 11.6 Å². The lowest BCUT2D eigenvalue weighted by molar-refractivity contribution is -0.384. The number of benzene rings is 1. The molecule has 0 bridgehead atoms. The van der Waals surface area contributed by atoms with Crippen LogP contribution in [-0.4, -0.2) is 28.4 Å². The summed E-state index contributed by atoms with van der Waals surface area (Å²) in [4.78, 5) is 22.2. The Hall–Kier alpha value is -1.27. The highest BCUT2D eigenvalue weighted by atomic mass is 35.5. The Labute approximate surface area is 119 Å². The minimum Gasteiger partial charge on any atom is -0.349 e. The van der Waals surface area contributed by atoms with E-state index in [-0.39, 0.29) is 28.2 Å². The normalized spacial score (nSPS) is 16.1. The molecule has 2 rings (SSSR count). The van der Waals surface area contributed by atoms with Crippen LogP contribution in [0.4, 0.5) is 5.69 Å². The second-order valence-electron chi connectivity index (χ2n) is 4.28. The summed E-state index contributed by atoms with van der Waals surface area (Å²) in [6.45, 7) is 0. The van der Waals surface area contributed by atoms with Crippen molar-refractivity contribution in [2.75, 3.05) is 11.5 Å². The summed E-state index contributed by atoms with van der Waals surface area (Å²) < 4.78 is 0. The van der Waals surface area contributed by atoms with Crippen LogP contribution in [0.25, 0.3) is 0 Å². The van der Waals surface area contributed by atoms with Crippen LogP contribution in [-0.2, 0) is 0 Å². The number of halogens is 1. The van der Waals surface area contributed by atoms with Gasteiger partial charge in [-0.3, -0.25) is 14.9 Å². The highest BCUT2D eigenvalue weighted by Crippen LogP contribution is 2.25. The van der Waals surface area contributed by atoms with E-state index >= 15 is 0 Å². The second kappa shape index (κ2) is 6.25. The van der Waals surface area contributed by atoms with E-state index in [1.807, 2.05) is 11.8 Å². The van der Waals surface area contributed by atoms with Crippen molar-refractivity contribution in [1.29, 1.82) is 0 Å². The monoisotopic (exact) mass is 300 g/mol. The van der Waals surface area contributed by atoms with Crippen molar-refractivity contribution < 1.29 is 9.72 Å². The molecular formula is C12H13ClN2O3S. The quantitative estimate of drug-likeness (QED) is 0.688. The molecule has 0 unspecified atom stereocenters. The van der Waals surface area contributed by atoms with E-state index in [0.29, 0.717) is 0 Å². The number of rotatable bonds is 3. The van der Waals surface area contributed by atoms with Gasteiger partial charge < -0.3 is 5.32 Å². The summed E-state index contributed by atoms with van der Waals surface area (Å²) in [6, 6.07) is 4.26. The maximum absolute atomic E-state index is 12.0. The van der Waals surface area contributed by atoms with E-state index in [0.717, 1.165) is 24.3 Å². The van der Waals surface area contributed by atoms with E-state index in [1.54, 1.807) is 0 Å². The van der Waals surface area contributed by atoms with Crippen LogP contribution in [0.2, 0.25) is 5.02 Å². The third-order valence-corrected chi connectivity index (χ3v) is 4.33. The molecule has 1 amide bonds. The average Bonchev–Trinajstić information content (AvgIpc) is 2.40. The van der Waals surface area contributed by atoms with Gasteiger partial charge in [0.05, 0.1) is 4.92 Å². The van der Waals surface area contributed by atoms with Crippen molar-refractivity contribution in [3.8, 4) is 0 Å². The first kappa shape index (κ1) is 14.1. The number of nitro groups is 1. The first-order valence-corrected chi connectivity index (χ1v) is 7.44. The zero-order valence-electron chi connectivity index (χ0n) is 10.1. The summed E-state index contributed by atoms with van der Waals surface area (Å²) in [7, 11) is 0. The smallest absolute Gasteiger partial charge is 0.288 e. The standard InChI is InChI=1S/C12H13ClN2O3S/c13-10-2-1-8(7-11(10)15(17)18)12(16)14-9-3-5-19-6-4-9/h1-2,7,9H,3-6H2,(H,14,16). The topological polar surface area (TPSA) is 72.2 Å². The van der Waals surface area contributed by atoms with E-state index in [2.05, 4.69) is 5.32 Å². The van der Waals surface area contributed by atoms with Crippen molar-refractivity contribution in [3.63, 3.8) is 0 Å². The lowest BCUT2D eigenvalue weighted by Crippen LogP contribution is -2.37. The molecule has 1 aliphatic heterocycles. The summed E-state index contributed by atoms with van der Waals surface area (Å²) in [6.07, 6.45) is 1.87. The molecule has 0 aromatic heterocycles. The summed E-state index contributed by atoms with van der Waals surface area (Å²) in [5.41, 5.74) is 0.0304. The first-order valence-electron chi connectivity index (χ1n) is 5.90. The van der Waals surface area contributed by atoms with Gasteiger partial charge in [0, 0.05) is 17.7 Å². The molecule has 5 nitrogen and oxygen atoms in total. The maximum Gasteiger partial charge on any atom is 0.288 e. The molecule has 1 N–H and O–H groups in total. The Morgan fingerprint density at radius 2 is 2.11 bits per heavy atom. The van der Waals surface area contributed by atoms with Gasteiger partial charge in [0.25, 0.3) is 11.6 Å². The van der Waals surface area contributed by atoms with E-state index in [9.17, 15) is 14.9 Å². The van der Waals surface area contributed by atoms with Crippen molar-refractivity contribution in [2.24, 2.45) is 0 Å². The van der Waals surface area contributed by atoms with Crippen LogP contribution < -0.4 is 5.32 Å². The number of hydrogen-bond donors (Lipinski definition) is 1. The van der Waals surface area contributed by atoms with Crippen molar-refractivity contribution in [2.45, 2.75) is 18.9 Å². The number of amides is 1. The van der Waals surface area contributed by atoms with Crippen LogP contribution in [0, 0.1) is 10.1 Å². The molecule has 102 valence electrons. The molecule has 7 heteroatoms. The van der Waals surface area contributed by atoms with Gasteiger partial charge in [0.1, 0.15) is 5.02 Å². The van der Waals surface area contributed by atoms with Crippen molar-refractivity contribution in [3.05, 3.63) is 38.9 Å². The minimum atomic E-state index is -0.587. The third-order valence-electron chi connectivity index (χ3n) is 2.96. The first-order chi connectivity index (χ1) is 9.08. The Morgan fingerprint density at radius 3 is 2.74 bits per heavy atom. The molecule has 1 heterocycles. The lowest BCUT2D eigenvalue weighted by Gasteiger charge is -2.22. The molecule has 0 saturated carbocycles. The van der Waals surface area contributed by atoms with Gasteiger partial charge in [0.15, 0.2) is 0 Å². The zero-order chi connectivity index (χ0) is 13.8. The fourth-order valence-electron chi connectivity index (χ4n) is 1.90. The van der Waals surface area contributed by atoms with Crippen LogP contribution >= 0.6 is 23.4 Å². The molecule has 1 aromatic carbocycles. The van der Waals surface area contributed by atoms with Gasteiger partial charge in [-0.25, -0.2) is 0 Å². The van der Waals surface area contributed by atoms with Crippen molar-refractivity contribution in [1.82, 2.24) is 5.32 Å². The number of nitrogens with one attached hydrogen (secondary N) is 1. The van der Waals surface area contributed by atoms with Gasteiger partial charge in [-0.1, -0.05) is 11.6 Å². The molecule has 1 saturated heterocycles. The Kier molecular flexibility index (Phi) is 4.66. The summed E-state index contributed by atoms with van der Waals surface area (Å²) in [5, 5.41) is 13.7. The zero-order valence-corrected chi connectivity index (χ0v) is 11.7. The number of carbonyl (C=O) groups excluding carboxylic acids is 1. The number of hydrogen-bond acceptors (Lipinski definition) is 4. The van der Waals surface area contributed by atoms with E-state index < -0.39 is 4.92 Å². The number of thioether (sulfide) groups is 1. The van der Waals surface area contributed by atoms with E-state index in [1.165, 1.54) is 18.2 Å². The molecule has 0 radical (unpaired) electrons. The number of nitro benzene ring substituents is 1. The molecule has 1 fully saturated rings. The largest absolute Gasteiger partial charge is 0.349 e. The van der Waals surface area contributed by atoms with Crippen LogP contribution in [0.15, 0.2) is 18.2 Å². The molecule has 19 heavy (non-hydrogen) atoms. The molecule has 1 aliphatic rings. The minimum absolute atomic E-state index is 0.0376. The Bertz CT molecular complexity index is 504. The molecule has 0 aliphatic carbocycles. The van der Waals surface area contributed by atoms with Crippen LogP contribution in [0.5, 0.6) is 0 Å². The molecular weight excluding hydrogens is 288 g/mol. The maximum atomic E-state index is 12.0. The highest BCUT2D eigenvalue weighted by molar-refractivity contribution is 7.99. The highest BCUT2D eigenvalue weighted by Gasteiger charge is 2.20. The second-order valence-corrected chi connectivity index (χ2v) is 5.92. The van der Waals surface area contributed by atoms with Gasteiger partial charge in [-0.2, -0.15) is 11.8 Å².